The lowest BCUT2D eigenvalue weighted by Gasteiger charge is -2.20. The molecule has 0 unspecified atom stereocenters. The van der Waals surface area contributed by atoms with Gasteiger partial charge < -0.3 is 15.4 Å². The van der Waals surface area contributed by atoms with E-state index in [2.05, 4.69) is 30.5 Å². The van der Waals surface area contributed by atoms with Crippen molar-refractivity contribution in [3.8, 4) is 39.4 Å². The minimum atomic E-state index is -0.503. The standard InChI is InChI=1S/C32H27FN6O2/c33-22-9-19(11-24(40)13-22)25-7-4-8-28-26(25)14-29(37-28)30-27-12-21(16-35-31(27)39-38-30)20-10-23(17-34-15-20)36-32(41)18-5-2-1-3-6-18/h4,7-18,37,40H,1-3,5-6H2,(H,36,41)(H,35,38,39). The molecule has 1 aliphatic rings. The number of benzene rings is 2. The SMILES string of the molecule is O=C(Nc1cncc(-c2cnc3[nH]nc(-c4cc5c(-c6cc(O)cc(F)c6)cccc5[nH]4)c3c2)c1)C1CCCCC1. The first-order valence-electron chi connectivity index (χ1n) is 13.7. The summed E-state index contributed by atoms with van der Waals surface area (Å²) in [6, 6.07) is 15.6. The number of phenols is 1. The first-order valence-corrected chi connectivity index (χ1v) is 13.7. The summed E-state index contributed by atoms with van der Waals surface area (Å²) in [6.45, 7) is 0. The van der Waals surface area contributed by atoms with Crippen LogP contribution in [0, 0.1) is 11.7 Å². The molecule has 0 radical (unpaired) electrons. The molecule has 2 aromatic carbocycles. The molecule has 1 amide bonds. The van der Waals surface area contributed by atoms with Crippen molar-refractivity contribution in [3.63, 3.8) is 0 Å². The highest BCUT2D eigenvalue weighted by atomic mass is 19.1. The minimum absolute atomic E-state index is 0.0565. The minimum Gasteiger partial charge on any atom is -0.508 e. The topological polar surface area (TPSA) is 120 Å². The van der Waals surface area contributed by atoms with E-state index in [1.165, 1.54) is 12.5 Å². The van der Waals surface area contributed by atoms with Crippen molar-refractivity contribution in [1.29, 1.82) is 0 Å². The number of rotatable bonds is 5. The van der Waals surface area contributed by atoms with Crippen LogP contribution in [0.4, 0.5) is 10.1 Å². The van der Waals surface area contributed by atoms with Gasteiger partial charge >= 0.3 is 0 Å². The molecule has 1 aliphatic carbocycles. The number of halogens is 1. The number of pyridine rings is 2. The first-order chi connectivity index (χ1) is 20.0. The van der Waals surface area contributed by atoms with Gasteiger partial charge in [0.15, 0.2) is 5.65 Å². The van der Waals surface area contributed by atoms with E-state index in [1.54, 1.807) is 24.7 Å². The van der Waals surface area contributed by atoms with Crippen molar-refractivity contribution in [2.24, 2.45) is 5.92 Å². The fourth-order valence-electron chi connectivity index (χ4n) is 5.81. The van der Waals surface area contributed by atoms with Gasteiger partial charge in [0, 0.05) is 51.8 Å². The molecule has 9 heteroatoms. The molecule has 0 spiro atoms. The van der Waals surface area contributed by atoms with Crippen LogP contribution in [0.2, 0.25) is 0 Å². The molecule has 1 fully saturated rings. The summed E-state index contributed by atoms with van der Waals surface area (Å²) in [7, 11) is 0. The molecule has 1 saturated carbocycles. The molecule has 0 saturated heterocycles. The largest absolute Gasteiger partial charge is 0.508 e. The van der Waals surface area contributed by atoms with Gasteiger partial charge in [0.2, 0.25) is 5.91 Å². The number of hydrogen-bond donors (Lipinski definition) is 4. The highest BCUT2D eigenvalue weighted by molar-refractivity contribution is 6.01. The quantitative estimate of drug-likeness (QED) is 0.182. The highest BCUT2D eigenvalue weighted by Gasteiger charge is 2.21. The van der Waals surface area contributed by atoms with Crippen LogP contribution in [0.5, 0.6) is 5.75 Å². The first kappa shape index (κ1) is 25.0. The van der Waals surface area contributed by atoms with Crippen molar-refractivity contribution >= 4 is 33.5 Å². The average molecular weight is 547 g/mol. The maximum atomic E-state index is 14.1. The molecule has 8 nitrogen and oxygen atoms in total. The second-order valence-electron chi connectivity index (χ2n) is 10.6. The molecule has 0 aliphatic heterocycles. The fourth-order valence-corrected chi connectivity index (χ4v) is 5.81. The highest BCUT2D eigenvalue weighted by Crippen LogP contribution is 2.36. The molecule has 4 N–H and O–H groups in total. The number of aromatic amines is 2. The Balaban J connectivity index is 1.23. The second-order valence-corrected chi connectivity index (χ2v) is 10.6. The predicted octanol–water partition coefficient (Wildman–Crippen LogP) is 7.20. The van der Waals surface area contributed by atoms with Crippen LogP contribution in [-0.4, -0.2) is 36.2 Å². The van der Waals surface area contributed by atoms with Gasteiger partial charge in [-0.15, -0.1) is 0 Å². The molecule has 41 heavy (non-hydrogen) atoms. The van der Waals surface area contributed by atoms with Crippen LogP contribution in [-0.2, 0) is 4.79 Å². The molecule has 0 bridgehead atoms. The number of phenolic OH excluding ortho intramolecular Hbond substituents is 1. The Kier molecular flexibility index (Phi) is 6.19. The van der Waals surface area contributed by atoms with E-state index < -0.39 is 5.82 Å². The number of anilines is 1. The summed E-state index contributed by atoms with van der Waals surface area (Å²) in [5.74, 6) is -0.517. The number of hydrogen-bond acceptors (Lipinski definition) is 5. The summed E-state index contributed by atoms with van der Waals surface area (Å²) in [4.78, 5) is 25.2. The van der Waals surface area contributed by atoms with E-state index in [1.807, 2.05) is 36.4 Å². The molecule has 4 aromatic heterocycles. The van der Waals surface area contributed by atoms with Crippen LogP contribution in [0.3, 0.4) is 0 Å². The van der Waals surface area contributed by atoms with Crippen molar-refractivity contribution < 1.29 is 14.3 Å². The molecular weight excluding hydrogens is 519 g/mol. The van der Waals surface area contributed by atoms with Crippen molar-refractivity contribution in [1.82, 2.24) is 25.1 Å². The number of nitrogens with zero attached hydrogens (tertiary/aromatic N) is 3. The Hall–Kier alpha value is -5.05. The third kappa shape index (κ3) is 4.80. The van der Waals surface area contributed by atoms with Crippen LogP contribution in [0.25, 0.3) is 55.6 Å². The van der Waals surface area contributed by atoms with Gasteiger partial charge in [-0.2, -0.15) is 5.10 Å². The number of aromatic nitrogens is 5. The predicted molar refractivity (Wildman–Crippen MR) is 157 cm³/mol. The van der Waals surface area contributed by atoms with Crippen LogP contribution < -0.4 is 5.32 Å². The third-order valence-corrected chi connectivity index (χ3v) is 7.84. The zero-order valence-electron chi connectivity index (χ0n) is 22.1. The Morgan fingerprint density at radius 1 is 0.927 bits per heavy atom. The molecular formula is C32H27FN6O2. The van der Waals surface area contributed by atoms with E-state index >= 15 is 0 Å². The van der Waals surface area contributed by atoms with Crippen molar-refractivity contribution in [3.05, 3.63) is 79.0 Å². The van der Waals surface area contributed by atoms with E-state index in [4.69, 9.17) is 0 Å². The summed E-state index contributed by atoms with van der Waals surface area (Å²) in [6.07, 6.45) is 10.4. The van der Waals surface area contributed by atoms with Gasteiger partial charge in [0.25, 0.3) is 0 Å². The average Bonchev–Trinajstić information content (AvgIpc) is 3.61. The lowest BCUT2D eigenvalue weighted by atomic mass is 9.88. The van der Waals surface area contributed by atoms with Gasteiger partial charge in [-0.3, -0.25) is 14.9 Å². The zero-order chi connectivity index (χ0) is 27.9. The fraction of sp³-hybridized carbons (Fsp3) is 0.188. The number of carbonyl (C=O) groups is 1. The van der Waals surface area contributed by atoms with Gasteiger partial charge in [-0.25, -0.2) is 9.37 Å². The maximum Gasteiger partial charge on any atom is 0.227 e. The molecule has 4 heterocycles. The lowest BCUT2D eigenvalue weighted by Crippen LogP contribution is -2.24. The number of amides is 1. The molecule has 6 aromatic rings. The smallest absolute Gasteiger partial charge is 0.227 e. The number of fused-ring (bicyclic) bond motifs is 2. The number of H-pyrrole nitrogens is 2. The van der Waals surface area contributed by atoms with Gasteiger partial charge in [0.1, 0.15) is 17.3 Å². The maximum absolute atomic E-state index is 14.1. The molecule has 204 valence electrons. The van der Waals surface area contributed by atoms with Gasteiger partial charge in [-0.05, 0) is 60.4 Å². The van der Waals surface area contributed by atoms with Crippen molar-refractivity contribution in [2.75, 3.05) is 5.32 Å². The summed E-state index contributed by atoms with van der Waals surface area (Å²) < 4.78 is 14.1. The van der Waals surface area contributed by atoms with Crippen LogP contribution in [0.15, 0.2) is 73.2 Å². The summed E-state index contributed by atoms with van der Waals surface area (Å²) in [5, 5.41) is 22.2. The number of aromatic hydroxyl groups is 1. The van der Waals surface area contributed by atoms with Gasteiger partial charge in [-0.1, -0.05) is 31.4 Å². The van der Waals surface area contributed by atoms with E-state index in [9.17, 15) is 14.3 Å². The van der Waals surface area contributed by atoms with Gasteiger partial charge in [0.05, 0.1) is 17.6 Å². The van der Waals surface area contributed by atoms with E-state index in [0.717, 1.165) is 70.4 Å². The molecule has 7 rings (SSSR count). The molecule has 0 atom stereocenters. The second kappa shape index (κ2) is 10.2. The number of nitrogens with one attached hydrogen (secondary N) is 3. The summed E-state index contributed by atoms with van der Waals surface area (Å²) in [5.41, 5.74) is 6.65. The number of carbonyl (C=O) groups excluding carboxylic acids is 1. The van der Waals surface area contributed by atoms with Crippen LogP contribution >= 0.6 is 0 Å². The Bertz CT molecular complexity index is 1900. The Morgan fingerprint density at radius 2 is 1.78 bits per heavy atom. The summed E-state index contributed by atoms with van der Waals surface area (Å²) >= 11 is 0. The zero-order valence-corrected chi connectivity index (χ0v) is 22.1. The van der Waals surface area contributed by atoms with Crippen molar-refractivity contribution in [2.45, 2.75) is 32.1 Å². The van der Waals surface area contributed by atoms with E-state index in [-0.39, 0.29) is 17.6 Å². The monoisotopic (exact) mass is 546 g/mol. The Labute approximate surface area is 234 Å². The van der Waals surface area contributed by atoms with Crippen LogP contribution in [0.1, 0.15) is 32.1 Å². The Morgan fingerprint density at radius 3 is 2.63 bits per heavy atom. The third-order valence-electron chi connectivity index (χ3n) is 7.84. The normalized spacial score (nSPS) is 14.1. The van der Waals surface area contributed by atoms with E-state index in [0.29, 0.717) is 22.6 Å². The lowest BCUT2D eigenvalue weighted by molar-refractivity contribution is -0.120.